The average molecular weight is 852 g/mol. The van der Waals surface area contributed by atoms with Crippen molar-refractivity contribution in [2.45, 2.75) is 75.0 Å². The Morgan fingerprint density at radius 2 is 0.965 bits per heavy atom. The second-order valence-electron chi connectivity index (χ2n) is 15.4. The van der Waals surface area contributed by atoms with Crippen molar-refractivity contribution < 1.29 is 22.0 Å². The third-order valence-corrected chi connectivity index (χ3v) is 12.1. The van der Waals surface area contributed by atoms with E-state index in [-0.39, 0.29) is 28.4 Å². The van der Waals surface area contributed by atoms with Crippen molar-refractivity contribution in [1.82, 2.24) is 20.9 Å². The van der Waals surface area contributed by atoms with Gasteiger partial charge >= 0.3 is 0 Å². The number of benzene rings is 4. The summed E-state index contributed by atoms with van der Waals surface area (Å²) >= 11 is 17.3. The van der Waals surface area contributed by atoms with Crippen LogP contribution in [0.1, 0.15) is 97.3 Å². The molecule has 4 aromatic carbocycles. The largest absolute Gasteiger partial charge is 0.317 e. The summed E-state index contributed by atoms with van der Waals surface area (Å²) in [6, 6.07) is 18.8. The quantitative estimate of drug-likeness (QED) is 0.179. The molecule has 310 valence electrons. The van der Waals surface area contributed by atoms with Gasteiger partial charge in [-0.1, -0.05) is 53.0 Å². The molecule has 0 aliphatic carbocycles. The fourth-order valence-electron chi connectivity index (χ4n) is 8.01. The van der Waals surface area contributed by atoms with Crippen LogP contribution in [0.25, 0.3) is 0 Å². The fourth-order valence-corrected chi connectivity index (χ4v) is 8.58. The lowest BCUT2D eigenvalue weighted by molar-refractivity contribution is 0.253. The maximum Gasteiger partial charge on any atom is 0.141 e. The zero-order valence-electron chi connectivity index (χ0n) is 32.5. The summed E-state index contributed by atoms with van der Waals surface area (Å²) in [6.45, 7) is 8.04. The van der Waals surface area contributed by atoms with E-state index in [9.17, 15) is 22.0 Å². The molecule has 0 saturated carbocycles. The molecule has 4 aliphatic heterocycles. The Morgan fingerprint density at radius 1 is 0.456 bits per heavy atom. The first kappa shape index (κ1) is 45.3. The minimum Gasteiger partial charge on any atom is -0.317 e. The van der Waals surface area contributed by atoms with Gasteiger partial charge in [0.1, 0.15) is 29.1 Å². The van der Waals surface area contributed by atoms with Gasteiger partial charge in [-0.3, -0.25) is 0 Å². The van der Waals surface area contributed by atoms with Crippen LogP contribution in [0.15, 0.2) is 72.8 Å². The standard InChI is InChI=1S/C12H15F2N.3C11H13ClFN/c1-15-6-4-9(5-7-15)11-3-2-10(13)8-12(11)14;12-10-5-9(6-11(13)7-10)8-1-3-14-4-2-8;12-9-1-2-10(11(13)7-9)8-3-5-14-6-4-8;12-10-7-9(1-2-11(10)13)8-3-5-14-6-4-8/h2-3,8-9H,4-7H2,1H3;5-8,14H,1-4H2;2*1-2,7-8,14H,3-6H2. The molecular weight excluding hydrogens is 798 g/mol. The Morgan fingerprint density at radius 3 is 1.49 bits per heavy atom. The Kier molecular flexibility index (Phi) is 18.4. The summed E-state index contributed by atoms with van der Waals surface area (Å²) in [6.07, 6.45) is 8.30. The molecule has 3 N–H and O–H groups in total. The van der Waals surface area contributed by atoms with E-state index in [4.69, 9.17) is 34.8 Å². The summed E-state index contributed by atoms with van der Waals surface area (Å²) in [4.78, 5) is 2.23. The van der Waals surface area contributed by atoms with Gasteiger partial charge in [-0.15, -0.1) is 0 Å². The number of hydrogen-bond acceptors (Lipinski definition) is 4. The molecule has 4 saturated heterocycles. The van der Waals surface area contributed by atoms with E-state index < -0.39 is 11.6 Å². The highest BCUT2D eigenvalue weighted by Crippen LogP contribution is 2.32. The summed E-state index contributed by atoms with van der Waals surface area (Å²) in [5.41, 5.74) is 3.69. The highest BCUT2D eigenvalue weighted by molar-refractivity contribution is 6.31. The Balaban J connectivity index is 0.000000145. The molecule has 0 bridgehead atoms. The topological polar surface area (TPSA) is 39.3 Å². The van der Waals surface area contributed by atoms with Crippen molar-refractivity contribution in [1.29, 1.82) is 0 Å². The van der Waals surface area contributed by atoms with E-state index in [1.54, 1.807) is 24.3 Å². The number of hydrogen-bond donors (Lipinski definition) is 3. The predicted molar refractivity (Wildman–Crippen MR) is 225 cm³/mol. The molecule has 0 amide bonds. The third kappa shape index (κ3) is 14.5. The van der Waals surface area contributed by atoms with Crippen molar-refractivity contribution in [2.24, 2.45) is 0 Å². The van der Waals surface area contributed by atoms with Gasteiger partial charge in [-0.05, 0) is 205 Å². The van der Waals surface area contributed by atoms with Crippen molar-refractivity contribution in [3.8, 4) is 0 Å². The molecule has 0 unspecified atom stereocenters. The van der Waals surface area contributed by atoms with Gasteiger partial charge in [0.05, 0.1) is 5.02 Å². The molecular formula is C45H54Cl3F5N4. The van der Waals surface area contributed by atoms with Gasteiger partial charge in [-0.2, -0.15) is 0 Å². The lowest BCUT2D eigenvalue weighted by atomic mass is 9.89. The van der Waals surface area contributed by atoms with E-state index >= 15 is 0 Å². The van der Waals surface area contributed by atoms with Gasteiger partial charge < -0.3 is 20.9 Å². The van der Waals surface area contributed by atoms with Crippen LogP contribution < -0.4 is 16.0 Å². The van der Waals surface area contributed by atoms with Gasteiger partial charge in [0.2, 0.25) is 0 Å². The first-order valence-electron chi connectivity index (χ1n) is 20.1. The zero-order chi connectivity index (χ0) is 40.7. The number of nitrogens with zero attached hydrogens (tertiary/aromatic N) is 1. The summed E-state index contributed by atoms with van der Waals surface area (Å²) in [5, 5.41) is 11.1. The molecule has 8 rings (SSSR count). The van der Waals surface area contributed by atoms with Crippen LogP contribution in [0.3, 0.4) is 0 Å². The summed E-state index contributed by atoms with van der Waals surface area (Å²) in [5.74, 6) is -0.0115. The molecule has 4 heterocycles. The van der Waals surface area contributed by atoms with Crippen LogP contribution >= 0.6 is 34.8 Å². The smallest absolute Gasteiger partial charge is 0.141 e. The van der Waals surface area contributed by atoms with Crippen LogP contribution in [0.2, 0.25) is 15.1 Å². The van der Waals surface area contributed by atoms with E-state index in [0.29, 0.717) is 33.4 Å². The highest BCUT2D eigenvalue weighted by atomic mass is 35.5. The molecule has 12 heteroatoms. The van der Waals surface area contributed by atoms with Crippen molar-refractivity contribution in [3.05, 3.63) is 139 Å². The first-order valence-corrected chi connectivity index (χ1v) is 21.2. The van der Waals surface area contributed by atoms with Crippen molar-refractivity contribution >= 4 is 34.8 Å². The third-order valence-electron chi connectivity index (χ3n) is 11.3. The van der Waals surface area contributed by atoms with E-state index in [0.717, 1.165) is 126 Å². The second kappa shape index (κ2) is 23.1. The van der Waals surface area contributed by atoms with Crippen LogP contribution in [0.5, 0.6) is 0 Å². The number of piperidine rings is 4. The van der Waals surface area contributed by atoms with Crippen LogP contribution in [-0.4, -0.2) is 64.3 Å². The van der Waals surface area contributed by atoms with Gasteiger partial charge in [0, 0.05) is 16.1 Å². The average Bonchev–Trinajstić information content (AvgIpc) is 3.21. The van der Waals surface area contributed by atoms with Gasteiger partial charge in [0.15, 0.2) is 0 Å². The summed E-state index contributed by atoms with van der Waals surface area (Å²) < 4.78 is 65.7. The van der Waals surface area contributed by atoms with Crippen LogP contribution in [-0.2, 0) is 0 Å². The molecule has 57 heavy (non-hydrogen) atoms. The monoisotopic (exact) mass is 850 g/mol. The molecule has 4 nitrogen and oxygen atoms in total. The molecule has 4 aromatic rings. The lowest BCUT2D eigenvalue weighted by Gasteiger charge is -2.29. The van der Waals surface area contributed by atoms with Gasteiger partial charge in [-0.25, -0.2) is 22.0 Å². The normalized spacial score (nSPS) is 18.7. The number of halogens is 8. The Labute approximate surface area is 349 Å². The molecule has 0 spiro atoms. The lowest BCUT2D eigenvalue weighted by Crippen LogP contribution is -2.29. The van der Waals surface area contributed by atoms with Crippen molar-refractivity contribution in [2.75, 3.05) is 59.4 Å². The number of rotatable bonds is 4. The highest BCUT2D eigenvalue weighted by Gasteiger charge is 2.22. The minimum atomic E-state index is -0.496. The van der Waals surface area contributed by atoms with Crippen LogP contribution in [0, 0.1) is 29.1 Å². The summed E-state index contributed by atoms with van der Waals surface area (Å²) in [7, 11) is 2.07. The van der Waals surface area contributed by atoms with Gasteiger partial charge in [0.25, 0.3) is 0 Å². The molecule has 4 aliphatic rings. The minimum absolute atomic E-state index is 0.163. The molecule has 0 aromatic heterocycles. The second-order valence-corrected chi connectivity index (χ2v) is 16.6. The van der Waals surface area contributed by atoms with E-state index in [1.807, 2.05) is 18.2 Å². The zero-order valence-corrected chi connectivity index (χ0v) is 34.8. The van der Waals surface area contributed by atoms with E-state index in [1.165, 1.54) is 24.3 Å². The first-order chi connectivity index (χ1) is 27.5. The number of likely N-dealkylation sites (tertiary alicyclic amines) is 1. The van der Waals surface area contributed by atoms with E-state index in [2.05, 4.69) is 27.9 Å². The number of nitrogens with one attached hydrogen (secondary N) is 3. The molecule has 0 atom stereocenters. The SMILES string of the molecule is CN1CCC(c2ccc(F)cc2F)CC1.Fc1cc(Cl)cc(C2CCNCC2)c1.Fc1cc(Cl)ccc1C1CCNCC1.Fc1ccc(C2CCNCC2)cc1Cl. The predicted octanol–water partition coefficient (Wildman–Crippen LogP) is 11.6. The molecule has 0 radical (unpaired) electrons. The maximum absolute atomic E-state index is 13.5. The van der Waals surface area contributed by atoms with Crippen LogP contribution in [0.4, 0.5) is 22.0 Å². The van der Waals surface area contributed by atoms with Crippen molar-refractivity contribution in [3.63, 3.8) is 0 Å². The Bertz CT molecular complexity index is 1820. The Hall–Kier alpha value is -2.76. The fraction of sp³-hybridized carbons (Fsp3) is 0.467. The maximum atomic E-state index is 13.5. The molecule has 4 fully saturated rings.